The maximum absolute atomic E-state index is 15.0. The van der Waals surface area contributed by atoms with Crippen LogP contribution >= 0.6 is 23.2 Å². The summed E-state index contributed by atoms with van der Waals surface area (Å²) in [5.41, 5.74) is -1.18. The molecule has 6 nitrogen and oxygen atoms in total. The molecule has 1 aliphatic carbocycles. The van der Waals surface area contributed by atoms with Crippen molar-refractivity contribution < 1.29 is 23.5 Å². The van der Waals surface area contributed by atoms with E-state index in [-0.39, 0.29) is 33.3 Å². The van der Waals surface area contributed by atoms with Gasteiger partial charge in [-0.05, 0) is 79.8 Å². The van der Waals surface area contributed by atoms with E-state index in [0.717, 1.165) is 0 Å². The van der Waals surface area contributed by atoms with Gasteiger partial charge in [0, 0.05) is 23.7 Å². The van der Waals surface area contributed by atoms with Gasteiger partial charge < -0.3 is 21.1 Å². The first kappa shape index (κ1) is 29.2. The van der Waals surface area contributed by atoms with Gasteiger partial charge in [0.1, 0.15) is 17.0 Å². The summed E-state index contributed by atoms with van der Waals surface area (Å²) in [5.74, 6) is -2.85. The average Bonchev–Trinajstić information content (AvgIpc) is 3.32. The molecule has 2 heterocycles. The number of amides is 2. The lowest BCUT2D eigenvalue weighted by Gasteiger charge is -2.38. The van der Waals surface area contributed by atoms with E-state index in [1.807, 2.05) is 20.8 Å². The van der Waals surface area contributed by atoms with Crippen LogP contribution in [0.4, 0.5) is 14.5 Å². The summed E-state index contributed by atoms with van der Waals surface area (Å²) < 4.78 is 29.3. The summed E-state index contributed by atoms with van der Waals surface area (Å²) in [6.07, 6.45) is 2.81. The van der Waals surface area contributed by atoms with Crippen LogP contribution in [0.15, 0.2) is 30.3 Å². The smallest absolute Gasteiger partial charge is 0.238 e. The van der Waals surface area contributed by atoms with Crippen molar-refractivity contribution in [2.24, 2.45) is 5.41 Å². The van der Waals surface area contributed by atoms with E-state index >= 15 is 4.39 Å². The molecule has 0 radical (unpaired) electrons. The Hall–Kier alpha value is -2.26. The van der Waals surface area contributed by atoms with E-state index in [1.165, 1.54) is 30.3 Å². The van der Waals surface area contributed by atoms with Gasteiger partial charge in [0.25, 0.3) is 0 Å². The topological polar surface area (TPSA) is 90.5 Å². The van der Waals surface area contributed by atoms with Crippen molar-refractivity contribution in [3.63, 3.8) is 0 Å². The number of anilines is 1. The predicted octanol–water partition coefficient (Wildman–Crippen LogP) is 5.83. The molecule has 5 rings (SSSR count). The highest BCUT2D eigenvalue weighted by atomic mass is 35.5. The van der Waals surface area contributed by atoms with Gasteiger partial charge in [0.15, 0.2) is 0 Å². The lowest BCUT2D eigenvalue weighted by atomic mass is 9.62. The molecule has 2 amide bonds. The summed E-state index contributed by atoms with van der Waals surface area (Å²) in [7, 11) is 0. The monoisotopic (exact) mass is 593 g/mol. The van der Waals surface area contributed by atoms with Crippen molar-refractivity contribution in [3.8, 4) is 0 Å². The normalized spacial score (nSPS) is 31.8. The maximum atomic E-state index is 15.0. The number of nitrogens with one attached hydrogen (secondary N) is 3. The lowest BCUT2D eigenvalue weighted by molar-refractivity contribution is -0.125. The Bertz CT molecular complexity index is 1350. The predicted molar refractivity (Wildman–Crippen MR) is 152 cm³/mol. The van der Waals surface area contributed by atoms with Crippen LogP contribution in [-0.2, 0) is 15.0 Å². The zero-order chi connectivity index (χ0) is 29.2. The quantitative estimate of drug-likeness (QED) is 0.359. The van der Waals surface area contributed by atoms with Crippen LogP contribution in [0, 0.1) is 17.0 Å². The second kappa shape index (κ2) is 10.2. The largest absolute Gasteiger partial charge is 0.390 e. The molecular formula is C30H35Cl2F2N3O3. The third kappa shape index (κ3) is 5.13. The number of aliphatic hydroxyl groups is 1. The van der Waals surface area contributed by atoms with Gasteiger partial charge >= 0.3 is 0 Å². The van der Waals surface area contributed by atoms with E-state index in [1.54, 1.807) is 6.92 Å². The van der Waals surface area contributed by atoms with Crippen molar-refractivity contribution in [2.75, 3.05) is 5.32 Å². The van der Waals surface area contributed by atoms with Crippen molar-refractivity contribution in [1.82, 2.24) is 10.6 Å². The third-order valence-corrected chi connectivity index (χ3v) is 9.27. The molecule has 0 unspecified atom stereocenters. The molecule has 0 bridgehead atoms. The highest BCUT2D eigenvalue weighted by molar-refractivity contribution is 6.31. The zero-order valence-electron chi connectivity index (χ0n) is 23.0. The fourth-order valence-electron chi connectivity index (χ4n) is 6.81. The first-order chi connectivity index (χ1) is 18.6. The molecule has 2 aliphatic heterocycles. The summed E-state index contributed by atoms with van der Waals surface area (Å²) in [5, 5.41) is 19.6. The number of halogens is 4. The second-order valence-electron chi connectivity index (χ2n) is 13.0. The zero-order valence-corrected chi connectivity index (χ0v) is 24.5. The van der Waals surface area contributed by atoms with Crippen LogP contribution < -0.4 is 16.0 Å². The van der Waals surface area contributed by atoms with Gasteiger partial charge in [-0.15, -0.1) is 0 Å². The van der Waals surface area contributed by atoms with Gasteiger partial charge in [-0.2, -0.15) is 0 Å². The first-order valence-corrected chi connectivity index (χ1v) is 14.4. The Labute approximate surface area is 243 Å². The van der Waals surface area contributed by atoms with Crippen LogP contribution in [0.5, 0.6) is 0 Å². The third-order valence-electron chi connectivity index (χ3n) is 8.70. The molecule has 4 N–H and O–H groups in total. The average molecular weight is 595 g/mol. The van der Waals surface area contributed by atoms with Crippen molar-refractivity contribution in [1.29, 1.82) is 0 Å². The molecule has 2 fully saturated rings. The highest BCUT2D eigenvalue weighted by Crippen LogP contribution is 2.57. The van der Waals surface area contributed by atoms with Gasteiger partial charge in [-0.1, -0.05) is 50.0 Å². The first-order valence-electron chi connectivity index (χ1n) is 13.7. The number of fused-ring (bicyclic) bond motifs is 2. The minimum Gasteiger partial charge on any atom is -0.390 e. The van der Waals surface area contributed by atoms with E-state index in [0.29, 0.717) is 48.9 Å². The second-order valence-corrected chi connectivity index (χ2v) is 13.8. The van der Waals surface area contributed by atoms with Gasteiger partial charge in [-0.25, -0.2) is 8.78 Å². The Balaban J connectivity index is 1.66. The van der Waals surface area contributed by atoms with Gasteiger partial charge in [0.2, 0.25) is 11.8 Å². The number of hydrogen-bond donors (Lipinski definition) is 4. The minimum absolute atomic E-state index is 0.127. The molecule has 4 atom stereocenters. The summed E-state index contributed by atoms with van der Waals surface area (Å²) in [4.78, 5) is 28.2. The Morgan fingerprint density at radius 3 is 2.38 bits per heavy atom. The molecule has 3 aliphatic rings. The summed E-state index contributed by atoms with van der Waals surface area (Å²) in [6.45, 7) is 7.89. The number of benzene rings is 2. The van der Waals surface area contributed by atoms with E-state index in [9.17, 15) is 19.1 Å². The molecule has 1 saturated heterocycles. The molecule has 2 aromatic carbocycles. The lowest BCUT2D eigenvalue weighted by Crippen LogP contribution is -2.50. The van der Waals surface area contributed by atoms with Crippen molar-refractivity contribution >= 4 is 40.7 Å². The number of carbonyl (C=O) groups excluding carboxylic acids is 2. The van der Waals surface area contributed by atoms with Crippen LogP contribution in [-0.4, -0.2) is 40.6 Å². The van der Waals surface area contributed by atoms with Crippen LogP contribution in [0.25, 0.3) is 0 Å². The van der Waals surface area contributed by atoms with Crippen LogP contribution in [0.3, 0.4) is 0 Å². The van der Waals surface area contributed by atoms with Crippen molar-refractivity contribution in [2.45, 2.75) is 94.9 Å². The van der Waals surface area contributed by atoms with Crippen LogP contribution in [0.1, 0.15) is 76.8 Å². The Morgan fingerprint density at radius 2 is 1.75 bits per heavy atom. The number of rotatable bonds is 4. The van der Waals surface area contributed by atoms with E-state index < -0.39 is 40.7 Å². The highest BCUT2D eigenvalue weighted by Gasteiger charge is 2.66. The van der Waals surface area contributed by atoms with Gasteiger partial charge in [0.05, 0.1) is 21.7 Å². The molecule has 0 aromatic heterocycles. The van der Waals surface area contributed by atoms with Crippen molar-refractivity contribution in [3.05, 3.63) is 63.1 Å². The maximum Gasteiger partial charge on any atom is 0.238 e. The molecular weight excluding hydrogens is 559 g/mol. The molecule has 40 heavy (non-hydrogen) atoms. The fourth-order valence-corrected chi connectivity index (χ4v) is 7.17. The molecule has 1 saturated carbocycles. The molecule has 1 spiro atoms. The van der Waals surface area contributed by atoms with Crippen LogP contribution in [0.2, 0.25) is 10.0 Å². The summed E-state index contributed by atoms with van der Waals surface area (Å²) >= 11 is 12.3. The number of carbonyl (C=O) groups is 2. The molecule has 216 valence electrons. The standard InChI is InChI=1S/C30H35Cl2F2N3O3/c1-28(2,3)14-23-30(17-12-21(34)19(32)13-22(17)36-27(30)39)24(15-5-6-20(33)18(31)11-15)25(37-23)26(38)35-16-7-9-29(4,40)10-8-16/h5-6,11-13,16,23-25,37,40H,7-10,14H2,1-4H3,(H,35,38)(H,36,39)/t16?,23-,24+,25-,29?,30+/m1/s1. The summed E-state index contributed by atoms with van der Waals surface area (Å²) in [6, 6.07) is 5.22. The minimum atomic E-state index is -1.41. The Morgan fingerprint density at radius 1 is 1.10 bits per heavy atom. The Kier molecular flexibility index (Phi) is 7.48. The SMILES string of the molecule is CC(C)(C)C[C@H]1N[C@@H](C(=O)NC2CCC(C)(O)CC2)[C@H](c2ccc(F)c(Cl)c2)[C@@]12C(=O)Nc1cc(Cl)c(F)cc12. The molecule has 2 aromatic rings. The fraction of sp³-hybridized carbons (Fsp3) is 0.533. The molecule has 10 heteroatoms. The van der Waals surface area contributed by atoms with E-state index in [4.69, 9.17) is 23.2 Å². The van der Waals surface area contributed by atoms with Gasteiger partial charge in [-0.3, -0.25) is 9.59 Å². The number of hydrogen-bond acceptors (Lipinski definition) is 4. The van der Waals surface area contributed by atoms with E-state index in [2.05, 4.69) is 16.0 Å².